The molecule has 0 amide bonds. The van der Waals surface area contributed by atoms with E-state index < -0.39 is 0 Å². The summed E-state index contributed by atoms with van der Waals surface area (Å²) in [4.78, 5) is 4.57. The number of methoxy groups -OCH3 is 1. The first-order valence-corrected chi connectivity index (χ1v) is 11.3. The Labute approximate surface area is 200 Å². The molecule has 0 bridgehead atoms. The second-order valence-electron chi connectivity index (χ2n) is 6.64. The summed E-state index contributed by atoms with van der Waals surface area (Å²) in [6, 6.07) is 20.9. The molecule has 3 aromatic carbocycles. The third kappa shape index (κ3) is 5.22. The summed E-state index contributed by atoms with van der Waals surface area (Å²) in [5.74, 6) is 1.12. The summed E-state index contributed by atoms with van der Waals surface area (Å²) in [5, 5.41) is 8.09. The fourth-order valence-corrected chi connectivity index (χ4v) is 4.16. The van der Waals surface area contributed by atoms with Crippen molar-refractivity contribution < 1.29 is 9.47 Å². The fraction of sp³-hybridized carbons (Fsp3) is 0.0833. The molecule has 0 aliphatic rings. The van der Waals surface area contributed by atoms with Gasteiger partial charge in [0.1, 0.15) is 6.61 Å². The second kappa shape index (κ2) is 10.5. The van der Waals surface area contributed by atoms with Crippen LogP contribution in [0.1, 0.15) is 11.1 Å². The zero-order valence-electron chi connectivity index (χ0n) is 17.1. The van der Waals surface area contributed by atoms with E-state index >= 15 is 0 Å². The summed E-state index contributed by atoms with van der Waals surface area (Å²) >= 11 is 14.0. The second-order valence-corrected chi connectivity index (χ2v) is 8.31. The van der Waals surface area contributed by atoms with E-state index in [2.05, 4.69) is 15.5 Å². The van der Waals surface area contributed by atoms with E-state index in [4.69, 9.17) is 32.7 Å². The molecule has 4 aromatic rings. The Morgan fingerprint density at radius 3 is 2.50 bits per heavy atom. The summed E-state index contributed by atoms with van der Waals surface area (Å²) in [6.45, 7) is 0.195. The van der Waals surface area contributed by atoms with Gasteiger partial charge in [0.05, 0.1) is 19.0 Å². The first-order valence-electron chi connectivity index (χ1n) is 9.68. The van der Waals surface area contributed by atoms with Crippen molar-refractivity contribution in [1.82, 2.24) is 4.98 Å². The minimum absolute atomic E-state index is 0.195. The topological polar surface area (TPSA) is 55.7 Å². The molecule has 0 saturated heterocycles. The Hall–Kier alpha value is -3.06. The number of hydrogen-bond acceptors (Lipinski definition) is 6. The van der Waals surface area contributed by atoms with Crippen molar-refractivity contribution >= 4 is 45.9 Å². The molecule has 0 radical (unpaired) electrons. The van der Waals surface area contributed by atoms with Crippen LogP contribution >= 0.6 is 34.5 Å². The van der Waals surface area contributed by atoms with Gasteiger partial charge in [-0.25, -0.2) is 4.98 Å². The monoisotopic (exact) mass is 483 g/mol. The molecular weight excluding hydrogens is 465 g/mol. The predicted molar refractivity (Wildman–Crippen MR) is 133 cm³/mol. The SMILES string of the molecule is COc1cccc(C=NNc2nc(-c3ccccc3)cs2)c1OCc1c(Cl)cccc1Cl. The molecule has 0 aliphatic carbocycles. The van der Waals surface area contributed by atoms with E-state index in [0.29, 0.717) is 32.2 Å². The normalized spacial score (nSPS) is 11.0. The van der Waals surface area contributed by atoms with Crippen LogP contribution in [0.5, 0.6) is 11.5 Å². The number of benzene rings is 3. The van der Waals surface area contributed by atoms with Crippen LogP contribution in [0.15, 0.2) is 77.2 Å². The number of anilines is 1. The number of aromatic nitrogens is 1. The van der Waals surface area contributed by atoms with Crippen LogP contribution in [0.2, 0.25) is 10.0 Å². The van der Waals surface area contributed by atoms with Crippen molar-refractivity contribution in [1.29, 1.82) is 0 Å². The van der Waals surface area contributed by atoms with Crippen LogP contribution in [0.25, 0.3) is 11.3 Å². The third-order valence-electron chi connectivity index (χ3n) is 4.59. The number of rotatable bonds is 8. The molecular formula is C24H19Cl2N3O2S. The maximum atomic E-state index is 6.27. The zero-order valence-corrected chi connectivity index (χ0v) is 19.4. The van der Waals surface area contributed by atoms with Crippen LogP contribution in [0.4, 0.5) is 5.13 Å². The van der Waals surface area contributed by atoms with Gasteiger partial charge in [0.15, 0.2) is 11.5 Å². The van der Waals surface area contributed by atoms with Gasteiger partial charge in [0, 0.05) is 32.1 Å². The number of ether oxygens (including phenoxy) is 2. The summed E-state index contributed by atoms with van der Waals surface area (Å²) in [6.07, 6.45) is 1.66. The van der Waals surface area contributed by atoms with E-state index in [1.54, 1.807) is 31.5 Å². The predicted octanol–water partition coefficient (Wildman–Crippen LogP) is 7.15. The Morgan fingerprint density at radius 1 is 1.00 bits per heavy atom. The van der Waals surface area contributed by atoms with Gasteiger partial charge in [0.2, 0.25) is 5.13 Å². The number of para-hydroxylation sites is 1. The van der Waals surface area contributed by atoms with Gasteiger partial charge in [-0.1, -0.05) is 65.7 Å². The quantitative estimate of drug-likeness (QED) is 0.213. The lowest BCUT2D eigenvalue weighted by molar-refractivity contribution is 0.284. The smallest absolute Gasteiger partial charge is 0.203 e. The van der Waals surface area contributed by atoms with Crippen LogP contribution in [-0.4, -0.2) is 18.3 Å². The van der Waals surface area contributed by atoms with Gasteiger partial charge >= 0.3 is 0 Å². The zero-order chi connectivity index (χ0) is 22.3. The van der Waals surface area contributed by atoms with E-state index in [0.717, 1.165) is 16.8 Å². The summed E-state index contributed by atoms with van der Waals surface area (Å²) < 4.78 is 11.5. The lowest BCUT2D eigenvalue weighted by Gasteiger charge is -2.14. The van der Waals surface area contributed by atoms with E-state index in [1.165, 1.54) is 11.3 Å². The molecule has 0 aliphatic heterocycles. The van der Waals surface area contributed by atoms with Gasteiger partial charge in [-0.3, -0.25) is 5.43 Å². The average Bonchev–Trinajstić information content (AvgIpc) is 3.29. The number of nitrogens with one attached hydrogen (secondary N) is 1. The van der Waals surface area contributed by atoms with Crippen LogP contribution < -0.4 is 14.9 Å². The fourth-order valence-electron chi connectivity index (χ4n) is 2.99. The summed E-state index contributed by atoms with van der Waals surface area (Å²) in [5.41, 5.74) is 6.38. The minimum Gasteiger partial charge on any atom is -0.493 e. The van der Waals surface area contributed by atoms with E-state index in [-0.39, 0.29) is 6.61 Å². The minimum atomic E-state index is 0.195. The summed E-state index contributed by atoms with van der Waals surface area (Å²) in [7, 11) is 1.59. The van der Waals surface area contributed by atoms with Gasteiger partial charge in [-0.05, 0) is 24.3 Å². The first kappa shape index (κ1) is 22.1. The molecule has 0 atom stereocenters. The van der Waals surface area contributed by atoms with Crippen molar-refractivity contribution in [2.45, 2.75) is 6.61 Å². The van der Waals surface area contributed by atoms with Crippen molar-refractivity contribution in [3.05, 3.63) is 93.3 Å². The van der Waals surface area contributed by atoms with Crippen molar-refractivity contribution in [2.75, 3.05) is 12.5 Å². The number of hydrogen-bond donors (Lipinski definition) is 1. The van der Waals surface area contributed by atoms with E-state index in [1.807, 2.05) is 53.9 Å². The Balaban J connectivity index is 1.50. The largest absolute Gasteiger partial charge is 0.493 e. The highest BCUT2D eigenvalue weighted by Gasteiger charge is 2.12. The molecule has 5 nitrogen and oxygen atoms in total. The van der Waals surface area contributed by atoms with Crippen molar-refractivity contribution in [2.24, 2.45) is 5.10 Å². The molecule has 4 rings (SSSR count). The van der Waals surface area contributed by atoms with Crippen LogP contribution in [0.3, 0.4) is 0 Å². The van der Waals surface area contributed by atoms with Crippen LogP contribution in [-0.2, 0) is 6.61 Å². The lowest BCUT2D eigenvalue weighted by Crippen LogP contribution is -2.02. The standard InChI is InChI=1S/C24H19Cl2N3O2S/c1-30-22-12-5-9-17(23(22)31-14-18-19(25)10-6-11-20(18)26)13-27-29-24-28-21(15-32-24)16-7-3-2-4-8-16/h2-13,15H,14H2,1H3,(H,28,29). The van der Waals surface area contributed by atoms with Gasteiger partial charge in [0.25, 0.3) is 0 Å². The molecule has 1 N–H and O–H groups in total. The molecule has 162 valence electrons. The number of hydrazone groups is 1. The maximum absolute atomic E-state index is 6.27. The molecule has 0 unspecified atom stereocenters. The van der Waals surface area contributed by atoms with Crippen molar-refractivity contribution in [3.8, 4) is 22.8 Å². The van der Waals surface area contributed by atoms with Gasteiger partial charge < -0.3 is 9.47 Å². The van der Waals surface area contributed by atoms with Gasteiger partial charge in [-0.15, -0.1) is 11.3 Å². The van der Waals surface area contributed by atoms with Crippen molar-refractivity contribution in [3.63, 3.8) is 0 Å². The Kier molecular flexibility index (Phi) is 7.27. The Bertz CT molecular complexity index is 1210. The molecule has 1 heterocycles. The van der Waals surface area contributed by atoms with E-state index in [9.17, 15) is 0 Å². The molecule has 8 heteroatoms. The first-order chi connectivity index (χ1) is 15.7. The highest BCUT2D eigenvalue weighted by molar-refractivity contribution is 7.14. The average molecular weight is 484 g/mol. The van der Waals surface area contributed by atoms with Gasteiger partial charge in [-0.2, -0.15) is 5.10 Å². The maximum Gasteiger partial charge on any atom is 0.203 e. The lowest BCUT2D eigenvalue weighted by atomic mass is 10.2. The van der Waals surface area contributed by atoms with Crippen LogP contribution in [0, 0.1) is 0 Å². The third-order valence-corrected chi connectivity index (χ3v) is 6.04. The molecule has 0 saturated carbocycles. The number of halogens is 2. The molecule has 32 heavy (non-hydrogen) atoms. The number of thiazole rings is 1. The molecule has 0 fully saturated rings. The highest BCUT2D eigenvalue weighted by atomic mass is 35.5. The molecule has 1 aromatic heterocycles. The molecule has 0 spiro atoms. The highest BCUT2D eigenvalue weighted by Crippen LogP contribution is 2.33. The number of nitrogens with zero attached hydrogens (tertiary/aromatic N) is 2. The Morgan fingerprint density at radius 2 is 1.75 bits per heavy atom.